The second kappa shape index (κ2) is 8.81. The SMILES string of the molecule is COc1ccc(C2Nc3ccc(S(=O)(=O)N(C)Cc4ccccc4)cc3C3C=CCC32)cc1O. The molecule has 0 radical (unpaired) electrons. The van der Waals surface area contributed by atoms with Gasteiger partial charge in [-0.05, 0) is 59.4 Å². The number of phenols is 1. The van der Waals surface area contributed by atoms with Crippen molar-refractivity contribution in [1.29, 1.82) is 0 Å². The number of benzene rings is 3. The fourth-order valence-corrected chi connectivity index (χ4v) is 6.26. The van der Waals surface area contributed by atoms with Gasteiger partial charge in [-0.1, -0.05) is 48.6 Å². The average Bonchev–Trinajstić information content (AvgIpc) is 3.34. The van der Waals surface area contributed by atoms with Gasteiger partial charge in [-0.25, -0.2) is 8.42 Å². The number of phenolic OH excluding ortho intramolecular Hbond substituents is 1. The lowest BCUT2D eigenvalue weighted by molar-refractivity contribution is 0.371. The fourth-order valence-electron chi connectivity index (χ4n) is 5.07. The van der Waals surface area contributed by atoms with Crippen LogP contribution in [0.25, 0.3) is 0 Å². The van der Waals surface area contributed by atoms with Crippen LogP contribution in [0.15, 0.2) is 83.8 Å². The molecule has 0 fully saturated rings. The Labute approximate surface area is 200 Å². The number of nitrogens with one attached hydrogen (secondary N) is 1. The lowest BCUT2D eigenvalue weighted by atomic mass is 9.77. The zero-order chi connectivity index (χ0) is 23.9. The minimum Gasteiger partial charge on any atom is -0.504 e. The molecule has 3 aromatic carbocycles. The second-order valence-electron chi connectivity index (χ2n) is 8.90. The molecule has 7 heteroatoms. The van der Waals surface area contributed by atoms with E-state index in [0.29, 0.717) is 17.2 Å². The van der Waals surface area contributed by atoms with Crippen molar-refractivity contribution in [1.82, 2.24) is 4.31 Å². The van der Waals surface area contributed by atoms with Crippen LogP contribution >= 0.6 is 0 Å². The molecule has 3 unspecified atom stereocenters. The molecule has 1 aliphatic carbocycles. The third-order valence-corrected chi connectivity index (χ3v) is 8.65. The highest BCUT2D eigenvalue weighted by Crippen LogP contribution is 2.50. The summed E-state index contributed by atoms with van der Waals surface area (Å²) < 4.78 is 33.3. The molecule has 0 bridgehead atoms. The Balaban J connectivity index is 1.46. The molecule has 0 amide bonds. The Morgan fingerprint density at radius 2 is 1.88 bits per heavy atom. The predicted octanol–water partition coefficient (Wildman–Crippen LogP) is 5.05. The first-order valence-electron chi connectivity index (χ1n) is 11.3. The van der Waals surface area contributed by atoms with Gasteiger partial charge in [-0.2, -0.15) is 4.31 Å². The van der Waals surface area contributed by atoms with E-state index in [0.717, 1.165) is 28.8 Å². The lowest BCUT2D eigenvalue weighted by Crippen LogP contribution is -2.30. The Hall–Kier alpha value is -3.29. The summed E-state index contributed by atoms with van der Waals surface area (Å²) in [4.78, 5) is 0.297. The number of ether oxygens (including phenoxy) is 1. The van der Waals surface area contributed by atoms with Crippen molar-refractivity contribution in [3.63, 3.8) is 0 Å². The van der Waals surface area contributed by atoms with Crippen molar-refractivity contribution >= 4 is 15.7 Å². The number of hydrogen-bond acceptors (Lipinski definition) is 5. The van der Waals surface area contributed by atoms with Crippen LogP contribution in [0, 0.1) is 5.92 Å². The summed E-state index contributed by atoms with van der Waals surface area (Å²) in [6, 6.07) is 20.4. The molecule has 1 heterocycles. The number of fused-ring (bicyclic) bond motifs is 3. The summed E-state index contributed by atoms with van der Waals surface area (Å²) in [6.45, 7) is 0.313. The van der Waals surface area contributed by atoms with E-state index >= 15 is 0 Å². The quantitative estimate of drug-likeness (QED) is 0.487. The molecule has 34 heavy (non-hydrogen) atoms. The van der Waals surface area contributed by atoms with Crippen LogP contribution in [0.1, 0.15) is 35.1 Å². The molecule has 1 aliphatic heterocycles. The first kappa shape index (κ1) is 22.5. The second-order valence-corrected chi connectivity index (χ2v) is 10.9. The van der Waals surface area contributed by atoms with Crippen molar-refractivity contribution in [3.05, 3.63) is 95.6 Å². The minimum absolute atomic E-state index is 0.00693. The van der Waals surface area contributed by atoms with Crippen LogP contribution in [0.3, 0.4) is 0 Å². The average molecular weight is 477 g/mol. The minimum atomic E-state index is -3.64. The van der Waals surface area contributed by atoms with E-state index in [-0.39, 0.29) is 23.6 Å². The first-order valence-corrected chi connectivity index (χ1v) is 12.8. The maximum Gasteiger partial charge on any atom is 0.243 e. The van der Waals surface area contributed by atoms with E-state index in [2.05, 4.69) is 17.5 Å². The molecule has 0 spiro atoms. The standard InChI is InChI=1S/C27H28N2O4S/c1-29(17-18-7-4-3-5-8-18)34(31,32)20-12-13-24-23(16-20)21-9-6-10-22(21)27(28-24)19-11-14-26(33-2)25(30)15-19/h3-9,11-16,21-22,27-28,30H,10,17H2,1-2H3. The van der Waals surface area contributed by atoms with Gasteiger partial charge in [0.2, 0.25) is 10.0 Å². The van der Waals surface area contributed by atoms with E-state index in [4.69, 9.17) is 4.74 Å². The summed E-state index contributed by atoms with van der Waals surface area (Å²) in [5.74, 6) is 0.869. The van der Waals surface area contributed by atoms with Gasteiger partial charge >= 0.3 is 0 Å². The van der Waals surface area contributed by atoms with Gasteiger partial charge in [0.05, 0.1) is 18.0 Å². The summed E-state index contributed by atoms with van der Waals surface area (Å²) in [7, 11) is -0.497. The lowest BCUT2D eigenvalue weighted by Gasteiger charge is -2.38. The summed E-state index contributed by atoms with van der Waals surface area (Å²) in [6.07, 6.45) is 5.20. The number of hydrogen-bond donors (Lipinski definition) is 2. The fraction of sp³-hybridized carbons (Fsp3) is 0.259. The Kier molecular flexibility index (Phi) is 5.83. The number of anilines is 1. The molecule has 3 atom stereocenters. The summed E-state index contributed by atoms with van der Waals surface area (Å²) in [5.41, 5.74) is 3.82. The Bertz CT molecular complexity index is 1340. The molecule has 6 nitrogen and oxygen atoms in total. The largest absolute Gasteiger partial charge is 0.504 e. The van der Waals surface area contributed by atoms with Crippen LogP contribution in [0.2, 0.25) is 0 Å². The number of allylic oxidation sites excluding steroid dienone is 2. The van der Waals surface area contributed by atoms with Gasteiger partial charge < -0.3 is 15.2 Å². The molecule has 0 saturated carbocycles. The van der Waals surface area contributed by atoms with Crippen LogP contribution < -0.4 is 10.1 Å². The predicted molar refractivity (Wildman–Crippen MR) is 133 cm³/mol. The summed E-state index contributed by atoms with van der Waals surface area (Å²) in [5, 5.41) is 13.9. The zero-order valence-corrected chi connectivity index (χ0v) is 20.0. The maximum absolute atomic E-state index is 13.3. The number of rotatable bonds is 6. The van der Waals surface area contributed by atoms with Crippen molar-refractivity contribution in [2.75, 3.05) is 19.5 Å². The Morgan fingerprint density at radius 3 is 2.62 bits per heavy atom. The van der Waals surface area contributed by atoms with Crippen LogP contribution in [-0.4, -0.2) is 32.0 Å². The van der Waals surface area contributed by atoms with Gasteiger partial charge in [-0.3, -0.25) is 0 Å². The number of aromatic hydroxyl groups is 1. The molecule has 0 saturated heterocycles. The molecule has 5 rings (SSSR count). The molecule has 176 valence electrons. The van der Waals surface area contributed by atoms with Gasteiger partial charge in [0.25, 0.3) is 0 Å². The summed E-state index contributed by atoms with van der Waals surface area (Å²) >= 11 is 0. The maximum atomic E-state index is 13.3. The molecule has 2 aliphatic rings. The van der Waals surface area contributed by atoms with Crippen molar-refractivity contribution in [2.24, 2.45) is 5.92 Å². The topological polar surface area (TPSA) is 78.9 Å². The van der Waals surface area contributed by atoms with E-state index in [1.54, 1.807) is 25.2 Å². The van der Waals surface area contributed by atoms with Crippen LogP contribution in [-0.2, 0) is 16.6 Å². The van der Waals surface area contributed by atoms with Crippen LogP contribution in [0.4, 0.5) is 5.69 Å². The number of sulfonamides is 1. The van der Waals surface area contributed by atoms with Gasteiger partial charge in [0, 0.05) is 25.2 Å². The Morgan fingerprint density at radius 1 is 1.09 bits per heavy atom. The van der Waals surface area contributed by atoms with E-state index < -0.39 is 10.0 Å². The highest BCUT2D eigenvalue weighted by atomic mass is 32.2. The molecular formula is C27H28N2O4S. The molecule has 3 aromatic rings. The third-order valence-electron chi connectivity index (χ3n) is 6.85. The zero-order valence-electron chi connectivity index (χ0n) is 19.2. The molecule has 2 N–H and O–H groups in total. The van der Waals surface area contributed by atoms with E-state index in [1.165, 1.54) is 11.4 Å². The van der Waals surface area contributed by atoms with Gasteiger partial charge in [-0.15, -0.1) is 0 Å². The van der Waals surface area contributed by atoms with Crippen molar-refractivity contribution < 1.29 is 18.3 Å². The van der Waals surface area contributed by atoms with Gasteiger partial charge in [0.1, 0.15) is 0 Å². The smallest absolute Gasteiger partial charge is 0.243 e. The van der Waals surface area contributed by atoms with Crippen molar-refractivity contribution in [2.45, 2.75) is 29.8 Å². The van der Waals surface area contributed by atoms with Crippen molar-refractivity contribution in [3.8, 4) is 11.5 Å². The third kappa shape index (κ3) is 3.95. The molecular weight excluding hydrogens is 448 g/mol. The number of nitrogens with zero attached hydrogens (tertiary/aromatic N) is 1. The number of methoxy groups -OCH3 is 1. The van der Waals surface area contributed by atoms with Gasteiger partial charge in [0.15, 0.2) is 11.5 Å². The van der Waals surface area contributed by atoms with E-state index in [1.807, 2.05) is 48.5 Å². The van der Waals surface area contributed by atoms with E-state index in [9.17, 15) is 13.5 Å². The van der Waals surface area contributed by atoms with Crippen LogP contribution in [0.5, 0.6) is 11.5 Å². The molecule has 0 aromatic heterocycles. The monoisotopic (exact) mass is 476 g/mol. The normalized spacial score (nSPS) is 21.1. The highest BCUT2D eigenvalue weighted by molar-refractivity contribution is 7.89. The highest BCUT2D eigenvalue weighted by Gasteiger charge is 2.39. The first-order chi connectivity index (χ1) is 16.4.